The molecule has 5 rings (SSSR count). The maximum Gasteiger partial charge on any atom is 0.323 e. The Balaban J connectivity index is 1.39. The van der Waals surface area contributed by atoms with Crippen molar-refractivity contribution in [1.82, 2.24) is 19.4 Å². The molecule has 0 spiro atoms. The zero-order valence-electron chi connectivity index (χ0n) is 24.5. The maximum absolute atomic E-state index is 13.4. The molecule has 13 heteroatoms. The van der Waals surface area contributed by atoms with Crippen LogP contribution in [0.1, 0.15) is 50.6 Å². The predicted octanol–water partition coefficient (Wildman–Crippen LogP) is 3.73. The summed E-state index contributed by atoms with van der Waals surface area (Å²) in [5.74, 6) is -1.08. The van der Waals surface area contributed by atoms with Gasteiger partial charge in [-0.3, -0.25) is 19.8 Å². The van der Waals surface area contributed by atoms with Crippen molar-refractivity contribution in [3.05, 3.63) is 81.7 Å². The number of carbonyl (C=O) groups is 3. The molecule has 43 heavy (non-hydrogen) atoms. The molecule has 2 aliphatic rings. The molecule has 1 aromatic heterocycles. The number of anilines is 1. The molecule has 0 radical (unpaired) electrons. The van der Waals surface area contributed by atoms with Crippen LogP contribution in [0.15, 0.2) is 59.5 Å². The van der Waals surface area contributed by atoms with Crippen LogP contribution in [0.3, 0.4) is 0 Å². The summed E-state index contributed by atoms with van der Waals surface area (Å²) < 4.78 is 33.1. The normalized spacial score (nSPS) is 16.8. The second-order valence-corrected chi connectivity index (χ2v) is 14.4. The lowest BCUT2D eigenvalue weighted by molar-refractivity contribution is 0.0956. The van der Waals surface area contributed by atoms with Gasteiger partial charge in [-0.1, -0.05) is 30.3 Å². The number of carbonyl (C=O) groups excluding carboxylic acids is 3. The van der Waals surface area contributed by atoms with Gasteiger partial charge in [-0.05, 0) is 55.7 Å². The van der Waals surface area contributed by atoms with E-state index in [9.17, 15) is 22.8 Å². The summed E-state index contributed by atoms with van der Waals surface area (Å²) in [6, 6.07) is 15.2. The minimum absolute atomic E-state index is 0.0371. The van der Waals surface area contributed by atoms with Gasteiger partial charge in [-0.15, -0.1) is 11.3 Å². The van der Waals surface area contributed by atoms with Gasteiger partial charge in [0.25, 0.3) is 11.8 Å². The maximum atomic E-state index is 13.4. The molecule has 0 bridgehead atoms. The third kappa shape index (κ3) is 6.50. The van der Waals surface area contributed by atoms with Crippen LogP contribution in [-0.2, 0) is 34.3 Å². The Bertz CT molecular complexity index is 1640. The smallest absolute Gasteiger partial charge is 0.323 e. The minimum Gasteiger partial charge on any atom is -0.363 e. The highest BCUT2D eigenvalue weighted by Crippen LogP contribution is 2.38. The van der Waals surface area contributed by atoms with Gasteiger partial charge in [0.2, 0.25) is 10.0 Å². The predicted molar refractivity (Wildman–Crippen MR) is 163 cm³/mol. The van der Waals surface area contributed by atoms with Gasteiger partial charge < -0.3 is 15.0 Å². The van der Waals surface area contributed by atoms with Gasteiger partial charge in [-0.2, -0.15) is 4.31 Å². The highest BCUT2D eigenvalue weighted by molar-refractivity contribution is 7.89. The van der Waals surface area contributed by atoms with Crippen molar-refractivity contribution >= 4 is 44.2 Å². The molecule has 0 atom stereocenters. The molecule has 2 aliphatic heterocycles. The quantitative estimate of drug-likeness (QED) is 0.410. The third-order valence-corrected chi connectivity index (χ3v) is 10.7. The monoisotopic (exact) mass is 625 g/mol. The van der Waals surface area contributed by atoms with Crippen LogP contribution in [0.25, 0.3) is 0 Å². The number of urea groups is 1. The van der Waals surface area contributed by atoms with Crippen molar-refractivity contribution in [3.8, 4) is 0 Å². The van der Waals surface area contributed by atoms with Gasteiger partial charge in [0, 0.05) is 44.2 Å². The van der Waals surface area contributed by atoms with Crippen molar-refractivity contribution in [2.45, 2.75) is 43.8 Å². The Morgan fingerprint density at radius 1 is 1.02 bits per heavy atom. The zero-order valence-corrected chi connectivity index (χ0v) is 26.2. The number of benzene rings is 2. The number of amides is 4. The molecule has 2 N–H and O–H groups in total. The first kappa shape index (κ1) is 30.8. The summed E-state index contributed by atoms with van der Waals surface area (Å²) in [5.41, 5.74) is 1.80. The van der Waals surface area contributed by atoms with E-state index in [0.29, 0.717) is 24.5 Å². The second kappa shape index (κ2) is 12.2. The topological polar surface area (TPSA) is 128 Å². The largest absolute Gasteiger partial charge is 0.363 e. The SMILES string of the molecule is CN(C)C(=O)NC(=O)c1c(NC(=O)c2ccc(S(=O)(=O)N3COCC3(C)C)cc2)sc2c1CCN(Cc1ccccc1)C2. The zero-order chi connectivity index (χ0) is 30.9. The van der Waals surface area contributed by atoms with Gasteiger partial charge in [0.1, 0.15) is 11.7 Å². The van der Waals surface area contributed by atoms with Crippen molar-refractivity contribution in [1.29, 1.82) is 0 Å². The van der Waals surface area contributed by atoms with E-state index in [-0.39, 0.29) is 29.4 Å². The summed E-state index contributed by atoms with van der Waals surface area (Å²) in [5, 5.41) is 5.60. The fourth-order valence-corrected chi connectivity index (χ4v) is 8.07. The molecule has 3 aromatic rings. The highest BCUT2D eigenvalue weighted by atomic mass is 32.2. The van der Waals surface area contributed by atoms with Crippen LogP contribution in [0.4, 0.5) is 9.80 Å². The molecule has 0 saturated carbocycles. The first-order valence-corrected chi connectivity index (χ1v) is 16.1. The fraction of sp³-hybridized carbons (Fsp3) is 0.367. The standard InChI is InChI=1S/C30H35N5O6S2/c1-30(2)18-41-19-35(30)43(39,40)22-12-10-21(11-13-22)26(36)31-28-25(27(37)32-29(38)33(3)4)23-14-15-34(17-24(23)42-28)16-20-8-6-5-7-9-20/h5-13H,14-19H2,1-4H3,(H,31,36)(H,32,37,38). The average molecular weight is 626 g/mol. The Morgan fingerprint density at radius 2 is 1.72 bits per heavy atom. The summed E-state index contributed by atoms with van der Waals surface area (Å²) >= 11 is 1.31. The van der Waals surface area contributed by atoms with Crippen LogP contribution >= 0.6 is 11.3 Å². The molecule has 11 nitrogen and oxygen atoms in total. The number of ether oxygens (including phenoxy) is 1. The molecule has 1 fully saturated rings. The number of rotatable bonds is 7. The fourth-order valence-electron chi connectivity index (χ4n) is 5.13. The Kier molecular flexibility index (Phi) is 8.72. The van der Waals surface area contributed by atoms with Crippen LogP contribution in [0.5, 0.6) is 0 Å². The summed E-state index contributed by atoms with van der Waals surface area (Å²) in [4.78, 5) is 43.5. The number of nitrogens with one attached hydrogen (secondary N) is 2. The van der Waals surface area contributed by atoms with Gasteiger partial charge in [0.15, 0.2) is 0 Å². The molecule has 3 heterocycles. The molecular formula is C30H35N5O6S2. The number of imide groups is 1. The Labute approximate surface area is 255 Å². The van der Waals surface area contributed by atoms with E-state index in [1.807, 2.05) is 18.2 Å². The van der Waals surface area contributed by atoms with E-state index in [4.69, 9.17) is 4.74 Å². The van der Waals surface area contributed by atoms with E-state index in [0.717, 1.165) is 17.0 Å². The number of nitrogens with zero attached hydrogens (tertiary/aromatic N) is 3. The number of thiophene rings is 1. The molecule has 0 aliphatic carbocycles. The van der Waals surface area contributed by atoms with Crippen LogP contribution in [0, 0.1) is 0 Å². The van der Waals surface area contributed by atoms with Gasteiger partial charge in [0.05, 0.1) is 22.6 Å². The van der Waals surface area contributed by atoms with E-state index < -0.39 is 33.4 Å². The molecule has 228 valence electrons. The van der Waals surface area contributed by atoms with Crippen molar-refractivity contribution in [2.24, 2.45) is 0 Å². The first-order chi connectivity index (χ1) is 20.4. The van der Waals surface area contributed by atoms with Crippen LogP contribution < -0.4 is 10.6 Å². The Morgan fingerprint density at radius 3 is 2.35 bits per heavy atom. The van der Waals surface area contributed by atoms with E-state index in [1.54, 1.807) is 13.8 Å². The molecule has 2 aromatic carbocycles. The summed E-state index contributed by atoms with van der Waals surface area (Å²) in [6.45, 7) is 5.89. The van der Waals surface area contributed by atoms with Gasteiger partial charge in [-0.25, -0.2) is 13.2 Å². The second-order valence-electron chi connectivity index (χ2n) is 11.4. The number of sulfonamides is 1. The lowest BCUT2D eigenvalue weighted by Crippen LogP contribution is -2.44. The van der Waals surface area contributed by atoms with Crippen LogP contribution in [0.2, 0.25) is 0 Å². The lowest BCUT2D eigenvalue weighted by Gasteiger charge is -2.28. The lowest BCUT2D eigenvalue weighted by atomic mass is 10.0. The molecular weight excluding hydrogens is 590 g/mol. The van der Waals surface area contributed by atoms with Crippen LogP contribution in [-0.4, -0.2) is 79.9 Å². The minimum atomic E-state index is -3.83. The van der Waals surface area contributed by atoms with Crippen molar-refractivity contribution in [2.75, 3.05) is 39.3 Å². The Hall–Kier alpha value is -3.62. The average Bonchev–Trinajstić information content (AvgIpc) is 3.52. The van der Waals surface area contributed by atoms with E-state index in [1.165, 1.54) is 64.5 Å². The first-order valence-electron chi connectivity index (χ1n) is 13.8. The molecule has 0 unspecified atom stereocenters. The third-order valence-electron chi connectivity index (χ3n) is 7.51. The van der Waals surface area contributed by atoms with Crippen molar-refractivity contribution < 1.29 is 27.5 Å². The molecule has 1 saturated heterocycles. The highest BCUT2D eigenvalue weighted by Gasteiger charge is 2.42. The summed E-state index contributed by atoms with van der Waals surface area (Å²) in [6.07, 6.45) is 0.580. The number of hydrogen-bond donors (Lipinski definition) is 2. The van der Waals surface area contributed by atoms with Crippen molar-refractivity contribution in [3.63, 3.8) is 0 Å². The molecule has 4 amide bonds. The van der Waals surface area contributed by atoms with E-state index in [2.05, 4.69) is 27.7 Å². The van der Waals surface area contributed by atoms with E-state index >= 15 is 0 Å². The number of hydrogen-bond acceptors (Lipinski definition) is 8. The van der Waals surface area contributed by atoms with Gasteiger partial charge >= 0.3 is 6.03 Å². The number of fused-ring (bicyclic) bond motifs is 1. The summed E-state index contributed by atoms with van der Waals surface area (Å²) in [7, 11) is -0.751.